The lowest BCUT2D eigenvalue weighted by atomic mass is 9.33. The molecule has 1 heteroatoms. The second kappa shape index (κ2) is 6.64. The summed E-state index contributed by atoms with van der Waals surface area (Å²) in [5.74, 6) is 3.90. The van der Waals surface area contributed by atoms with Gasteiger partial charge >= 0.3 is 0 Å². The van der Waals surface area contributed by atoms with Crippen molar-refractivity contribution in [2.45, 2.75) is 119 Å². The van der Waals surface area contributed by atoms with Crippen LogP contribution in [0.5, 0.6) is 0 Å². The van der Waals surface area contributed by atoms with Gasteiger partial charge in [-0.2, -0.15) is 0 Å². The third-order valence-corrected chi connectivity index (χ3v) is 13.4. The van der Waals surface area contributed by atoms with Crippen LogP contribution in [0, 0.1) is 56.7 Å². The number of aliphatic hydroxyl groups is 1. The number of hydrogen-bond acceptors (Lipinski definition) is 1. The average Bonchev–Trinajstić information content (AvgIpc) is 2.69. The van der Waals surface area contributed by atoms with Crippen LogP contribution in [0.25, 0.3) is 0 Å². The number of allylic oxidation sites excluding steroid dienone is 2. The Kier molecular flexibility index (Phi) is 4.82. The predicted octanol–water partition coefficient (Wildman–Crippen LogP) is 8.02. The van der Waals surface area contributed by atoms with E-state index < -0.39 is 0 Å². The SMILES string of the molecule is C[C@H]1[C@H](C)CC[C@]2(C)CC[C@]3(C)C(=CC[C@@H]4[C@@]5(C)CC[C@H](O)C(C)(C)[C@@H]5CC[C@]43C)[C@@H]12. The summed E-state index contributed by atoms with van der Waals surface area (Å²) in [6.07, 6.45) is 14.5. The van der Waals surface area contributed by atoms with E-state index >= 15 is 0 Å². The number of rotatable bonds is 0. The Balaban J connectivity index is 1.59. The highest BCUT2D eigenvalue weighted by Gasteiger charge is 2.67. The van der Waals surface area contributed by atoms with Crippen molar-refractivity contribution in [3.63, 3.8) is 0 Å². The second-order valence-corrected chi connectivity index (χ2v) is 14.7. The molecule has 176 valence electrons. The highest BCUT2D eigenvalue weighted by atomic mass is 16.3. The van der Waals surface area contributed by atoms with Crippen molar-refractivity contribution >= 4 is 0 Å². The van der Waals surface area contributed by atoms with Gasteiger partial charge in [0, 0.05) is 0 Å². The molecule has 0 aliphatic heterocycles. The van der Waals surface area contributed by atoms with Crippen molar-refractivity contribution in [3.05, 3.63) is 11.6 Å². The van der Waals surface area contributed by atoms with Gasteiger partial charge in [-0.25, -0.2) is 0 Å². The summed E-state index contributed by atoms with van der Waals surface area (Å²) in [5, 5.41) is 10.9. The molecule has 10 atom stereocenters. The van der Waals surface area contributed by atoms with Crippen molar-refractivity contribution in [3.8, 4) is 0 Å². The van der Waals surface area contributed by atoms with Crippen molar-refractivity contribution in [1.29, 1.82) is 0 Å². The summed E-state index contributed by atoms with van der Waals surface area (Å²) in [6.45, 7) is 20.5. The van der Waals surface area contributed by atoms with Crippen LogP contribution in [0.2, 0.25) is 0 Å². The molecule has 0 unspecified atom stereocenters. The van der Waals surface area contributed by atoms with Gasteiger partial charge in [-0.05, 0) is 114 Å². The molecule has 4 fully saturated rings. The third-order valence-electron chi connectivity index (χ3n) is 13.4. The summed E-state index contributed by atoms with van der Waals surface area (Å²) >= 11 is 0. The van der Waals surface area contributed by atoms with E-state index in [0.717, 1.165) is 30.1 Å². The molecule has 0 spiro atoms. The molecule has 0 saturated heterocycles. The Labute approximate surface area is 192 Å². The highest BCUT2D eigenvalue weighted by molar-refractivity contribution is 5.33. The van der Waals surface area contributed by atoms with Crippen molar-refractivity contribution in [2.75, 3.05) is 0 Å². The Morgan fingerprint density at radius 3 is 2.23 bits per heavy atom. The Bertz CT molecular complexity index is 779. The normalized spacial score (nSPS) is 58.3. The van der Waals surface area contributed by atoms with Gasteiger partial charge in [-0.1, -0.05) is 67.0 Å². The summed E-state index contributed by atoms with van der Waals surface area (Å²) in [4.78, 5) is 0. The van der Waals surface area contributed by atoms with E-state index in [0.29, 0.717) is 27.6 Å². The Hall–Kier alpha value is -0.300. The van der Waals surface area contributed by atoms with E-state index in [4.69, 9.17) is 0 Å². The molecule has 5 aliphatic rings. The predicted molar refractivity (Wildman–Crippen MR) is 131 cm³/mol. The van der Waals surface area contributed by atoms with Crippen LogP contribution in [-0.4, -0.2) is 11.2 Å². The first-order valence-electron chi connectivity index (χ1n) is 13.7. The molecule has 0 heterocycles. The molecule has 5 aliphatic carbocycles. The lowest BCUT2D eigenvalue weighted by molar-refractivity contribution is -0.203. The molecule has 1 N–H and O–H groups in total. The maximum absolute atomic E-state index is 10.9. The molecule has 5 rings (SSSR count). The van der Waals surface area contributed by atoms with Crippen LogP contribution in [0.15, 0.2) is 11.6 Å². The lowest BCUT2D eigenvalue weighted by Crippen LogP contribution is -2.64. The number of aliphatic hydroxyl groups excluding tert-OH is 1. The fourth-order valence-corrected chi connectivity index (χ4v) is 10.8. The average molecular weight is 427 g/mol. The fourth-order valence-electron chi connectivity index (χ4n) is 10.8. The van der Waals surface area contributed by atoms with Crippen molar-refractivity contribution in [2.24, 2.45) is 56.7 Å². The van der Waals surface area contributed by atoms with E-state index in [2.05, 4.69) is 61.5 Å². The van der Waals surface area contributed by atoms with Gasteiger partial charge in [0.1, 0.15) is 0 Å². The van der Waals surface area contributed by atoms with E-state index in [1.807, 2.05) is 5.57 Å². The molecule has 1 nitrogen and oxygen atoms in total. The third kappa shape index (κ3) is 2.65. The van der Waals surface area contributed by atoms with Crippen molar-refractivity contribution in [1.82, 2.24) is 0 Å². The smallest absolute Gasteiger partial charge is 0.0594 e. The van der Waals surface area contributed by atoms with E-state index in [-0.39, 0.29) is 11.5 Å². The molecule has 0 amide bonds. The number of hydrogen-bond donors (Lipinski definition) is 1. The zero-order valence-electron chi connectivity index (χ0n) is 21.9. The maximum Gasteiger partial charge on any atom is 0.0594 e. The largest absolute Gasteiger partial charge is 0.393 e. The molecular formula is C30H50O. The number of fused-ring (bicyclic) bond motifs is 7. The molecule has 0 radical (unpaired) electrons. The van der Waals surface area contributed by atoms with Gasteiger partial charge in [-0.15, -0.1) is 0 Å². The molecule has 31 heavy (non-hydrogen) atoms. The molecule has 4 saturated carbocycles. The standard InChI is InChI=1S/C30H50O/c1-19-11-14-27(5)17-18-29(7)21(25(27)20(19)2)9-10-23-28(6)15-13-24(31)26(3,4)22(28)12-16-30(23,29)8/h9,19-20,22-25,31H,10-18H2,1-8H3/t19-,20+,22+,23-,24+,25-,27-,28+,29-,30-/m1/s1. The van der Waals surface area contributed by atoms with Gasteiger partial charge in [0.05, 0.1) is 6.10 Å². The topological polar surface area (TPSA) is 20.2 Å². The fraction of sp³-hybridized carbons (Fsp3) is 0.933. The zero-order chi connectivity index (χ0) is 22.6. The first-order valence-corrected chi connectivity index (χ1v) is 13.7. The summed E-state index contributed by atoms with van der Waals surface area (Å²) in [7, 11) is 0. The molecular weight excluding hydrogens is 376 g/mol. The van der Waals surface area contributed by atoms with Gasteiger partial charge in [0.15, 0.2) is 0 Å². The molecule has 0 bridgehead atoms. The van der Waals surface area contributed by atoms with Crippen LogP contribution in [0.1, 0.15) is 113 Å². The zero-order valence-corrected chi connectivity index (χ0v) is 21.9. The van der Waals surface area contributed by atoms with Gasteiger partial charge in [0.2, 0.25) is 0 Å². The van der Waals surface area contributed by atoms with Crippen LogP contribution in [0.4, 0.5) is 0 Å². The lowest BCUT2D eigenvalue weighted by Gasteiger charge is -2.71. The highest BCUT2D eigenvalue weighted by Crippen LogP contribution is 2.75. The van der Waals surface area contributed by atoms with Gasteiger partial charge in [-0.3, -0.25) is 0 Å². The van der Waals surface area contributed by atoms with Gasteiger partial charge < -0.3 is 5.11 Å². The molecule has 0 aromatic carbocycles. The molecule has 0 aromatic rings. The van der Waals surface area contributed by atoms with E-state index in [1.165, 1.54) is 51.4 Å². The van der Waals surface area contributed by atoms with Crippen LogP contribution in [0.3, 0.4) is 0 Å². The quantitative estimate of drug-likeness (QED) is 0.389. The monoisotopic (exact) mass is 426 g/mol. The first-order chi connectivity index (χ1) is 14.3. The summed E-state index contributed by atoms with van der Waals surface area (Å²) < 4.78 is 0. The van der Waals surface area contributed by atoms with E-state index in [9.17, 15) is 5.11 Å². The maximum atomic E-state index is 10.9. The van der Waals surface area contributed by atoms with Crippen LogP contribution >= 0.6 is 0 Å². The van der Waals surface area contributed by atoms with Crippen molar-refractivity contribution < 1.29 is 5.11 Å². The second-order valence-electron chi connectivity index (χ2n) is 14.7. The summed E-state index contributed by atoms with van der Waals surface area (Å²) in [6, 6.07) is 0. The first kappa shape index (κ1) is 22.5. The van der Waals surface area contributed by atoms with Crippen LogP contribution in [-0.2, 0) is 0 Å². The summed E-state index contributed by atoms with van der Waals surface area (Å²) in [5.41, 5.74) is 3.60. The molecule has 0 aromatic heterocycles. The Morgan fingerprint density at radius 2 is 1.52 bits per heavy atom. The minimum atomic E-state index is -0.125. The minimum Gasteiger partial charge on any atom is -0.393 e. The van der Waals surface area contributed by atoms with Crippen LogP contribution < -0.4 is 0 Å². The minimum absolute atomic E-state index is 0.0533. The van der Waals surface area contributed by atoms with Gasteiger partial charge in [0.25, 0.3) is 0 Å². The Morgan fingerprint density at radius 1 is 0.806 bits per heavy atom. The van der Waals surface area contributed by atoms with E-state index in [1.54, 1.807) is 0 Å².